The highest BCUT2D eigenvalue weighted by molar-refractivity contribution is 5.91. The minimum absolute atomic E-state index is 0.00155. The molecule has 0 fully saturated rings. The Morgan fingerprint density at radius 1 is 1.33 bits per heavy atom. The summed E-state index contributed by atoms with van der Waals surface area (Å²) in [5.74, 6) is 0.303. The molecule has 3 heteroatoms. The molecule has 100 valence electrons. The molecule has 0 heterocycles. The normalized spacial score (nSPS) is 13.2. The van der Waals surface area contributed by atoms with Crippen LogP contribution in [0.4, 0.5) is 5.69 Å². The summed E-state index contributed by atoms with van der Waals surface area (Å²) in [5, 5.41) is 12.1. The fraction of sp³-hybridized carbons (Fsp3) is 0.533. The van der Waals surface area contributed by atoms with Gasteiger partial charge in [0.25, 0.3) is 0 Å². The molecule has 1 aromatic rings. The number of hydrogen-bond acceptors (Lipinski definition) is 2. The number of amides is 1. The summed E-state index contributed by atoms with van der Waals surface area (Å²) < 4.78 is 0. The van der Waals surface area contributed by atoms with Gasteiger partial charge < -0.3 is 10.4 Å². The molecular weight excluding hydrogens is 226 g/mol. The van der Waals surface area contributed by atoms with Crippen LogP contribution < -0.4 is 5.32 Å². The molecule has 1 atom stereocenters. The molecule has 2 N–H and O–H groups in total. The van der Waals surface area contributed by atoms with Crippen molar-refractivity contribution < 1.29 is 9.90 Å². The lowest BCUT2D eigenvalue weighted by atomic mass is 9.80. The van der Waals surface area contributed by atoms with Crippen molar-refractivity contribution in [2.24, 2.45) is 11.3 Å². The van der Waals surface area contributed by atoms with Gasteiger partial charge in [0.1, 0.15) is 0 Å². The molecule has 0 aliphatic rings. The second kappa shape index (κ2) is 6.01. The van der Waals surface area contributed by atoms with E-state index in [2.05, 4.69) is 33.0 Å². The van der Waals surface area contributed by atoms with E-state index in [0.717, 1.165) is 5.56 Å². The van der Waals surface area contributed by atoms with Crippen molar-refractivity contribution in [1.29, 1.82) is 0 Å². The number of anilines is 1. The first-order chi connectivity index (χ1) is 8.34. The van der Waals surface area contributed by atoms with Gasteiger partial charge in [-0.1, -0.05) is 45.9 Å². The third kappa shape index (κ3) is 4.15. The standard InChI is InChI=1S/C15H23NO2/c1-11(15(2,3)4)9-14(18)16-13-8-6-5-7-12(13)10-17/h5-8,11,17H,9-10H2,1-4H3,(H,16,18). The highest BCUT2D eigenvalue weighted by Crippen LogP contribution is 2.28. The topological polar surface area (TPSA) is 49.3 Å². The highest BCUT2D eigenvalue weighted by Gasteiger charge is 2.22. The van der Waals surface area contributed by atoms with E-state index >= 15 is 0 Å². The fourth-order valence-electron chi connectivity index (χ4n) is 1.57. The monoisotopic (exact) mass is 249 g/mol. The zero-order chi connectivity index (χ0) is 13.8. The van der Waals surface area contributed by atoms with E-state index in [1.54, 1.807) is 0 Å². The summed E-state index contributed by atoms with van der Waals surface area (Å²) in [6.45, 7) is 8.41. The molecule has 1 amide bonds. The van der Waals surface area contributed by atoms with Crippen molar-refractivity contribution in [2.75, 3.05) is 5.32 Å². The van der Waals surface area contributed by atoms with Gasteiger partial charge in [-0.15, -0.1) is 0 Å². The number of aliphatic hydroxyl groups excluding tert-OH is 1. The maximum absolute atomic E-state index is 11.9. The van der Waals surface area contributed by atoms with Crippen molar-refractivity contribution in [3.8, 4) is 0 Å². The lowest BCUT2D eigenvalue weighted by Gasteiger charge is -2.26. The number of nitrogens with one attached hydrogen (secondary N) is 1. The van der Waals surface area contributed by atoms with Crippen molar-refractivity contribution in [2.45, 2.75) is 40.7 Å². The number of rotatable bonds is 4. The van der Waals surface area contributed by atoms with E-state index in [9.17, 15) is 9.90 Å². The van der Waals surface area contributed by atoms with E-state index in [1.807, 2.05) is 24.3 Å². The zero-order valence-corrected chi connectivity index (χ0v) is 11.7. The van der Waals surface area contributed by atoms with E-state index in [4.69, 9.17) is 0 Å². The van der Waals surface area contributed by atoms with Crippen molar-refractivity contribution in [1.82, 2.24) is 0 Å². The molecular formula is C15H23NO2. The molecule has 0 saturated carbocycles. The van der Waals surface area contributed by atoms with Gasteiger partial charge in [-0.3, -0.25) is 4.79 Å². The summed E-state index contributed by atoms with van der Waals surface area (Å²) in [6, 6.07) is 7.31. The first-order valence-corrected chi connectivity index (χ1v) is 6.33. The Hall–Kier alpha value is -1.35. The number of aliphatic hydroxyl groups is 1. The Kier molecular flexibility index (Phi) is 4.91. The van der Waals surface area contributed by atoms with E-state index in [1.165, 1.54) is 0 Å². The maximum Gasteiger partial charge on any atom is 0.224 e. The average molecular weight is 249 g/mol. The molecule has 0 spiro atoms. The Balaban J connectivity index is 2.65. The smallest absolute Gasteiger partial charge is 0.224 e. The lowest BCUT2D eigenvalue weighted by Crippen LogP contribution is -2.24. The zero-order valence-electron chi connectivity index (χ0n) is 11.7. The third-order valence-electron chi connectivity index (χ3n) is 3.43. The Bertz CT molecular complexity index is 407. The lowest BCUT2D eigenvalue weighted by molar-refractivity contribution is -0.117. The Morgan fingerprint density at radius 2 is 1.94 bits per heavy atom. The van der Waals surface area contributed by atoms with Crippen LogP contribution in [0.25, 0.3) is 0 Å². The first-order valence-electron chi connectivity index (χ1n) is 6.33. The summed E-state index contributed by atoms with van der Waals surface area (Å²) >= 11 is 0. The molecule has 1 rings (SSSR count). The van der Waals surface area contributed by atoms with E-state index < -0.39 is 0 Å². The molecule has 0 aliphatic carbocycles. The maximum atomic E-state index is 11.9. The van der Waals surface area contributed by atoms with Crippen LogP contribution in [0.1, 0.15) is 39.7 Å². The quantitative estimate of drug-likeness (QED) is 0.861. The molecule has 1 unspecified atom stereocenters. The van der Waals surface area contributed by atoms with Gasteiger partial charge in [-0.25, -0.2) is 0 Å². The number of para-hydroxylation sites is 1. The van der Waals surface area contributed by atoms with Gasteiger partial charge in [0.2, 0.25) is 5.91 Å². The first kappa shape index (κ1) is 14.7. The average Bonchev–Trinajstić information content (AvgIpc) is 2.28. The minimum atomic E-state index is -0.0642. The van der Waals surface area contributed by atoms with Crippen LogP contribution in [0.15, 0.2) is 24.3 Å². The van der Waals surface area contributed by atoms with E-state index in [-0.39, 0.29) is 17.9 Å². The minimum Gasteiger partial charge on any atom is -0.392 e. The number of hydrogen-bond donors (Lipinski definition) is 2. The predicted octanol–water partition coefficient (Wildman–Crippen LogP) is 3.19. The largest absolute Gasteiger partial charge is 0.392 e. The molecule has 18 heavy (non-hydrogen) atoms. The molecule has 3 nitrogen and oxygen atoms in total. The molecule has 0 saturated heterocycles. The molecule has 0 aliphatic heterocycles. The summed E-state index contributed by atoms with van der Waals surface area (Å²) in [5.41, 5.74) is 1.56. The SMILES string of the molecule is CC(CC(=O)Nc1ccccc1CO)C(C)(C)C. The highest BCUT2D eigenvalue weighted by atomic mass is 16.3. The summed E-state index contributed by atoms with van der Waals surface area (Å²) in [6.07, 6.45) is 0.489. The second-order valence-corrected chi connectivity index (χ2v) is 5.83. The molecule has 1 aromatic carbocycles. The van der Waals surface area contributed by atoms with Crippen LogP contribution in [0.3, 0.4) is 0 Å². The Labute approximate surface area is 109 Å². The van der Waals surface area contributed by atoms with E-state index in [0.29, 0.717) is 18.0 Å². The second-order valence-electron chi connectivity index (χ2n) is 5.83. The predicted molar refractivity (Wildman–Crippen MR) is 74.2 cm³/mol. The van der Waals surface area contributed by atoms with Gasteiger partial charge >= 0.3 is 0 Å². The summed E-state index contributed by atoms with van der Waals surface area (Å²) in [4.78, 5) is 11.9. The number of benzene rings is 1. The fourth-order valence-corrected chi connectivity index (χ4v) is 1.57. The van der Waals surface area contributed by atoms with Gasteiger partial charge in [0.15, 0.2) is 0 Å². The van der Waals surface area contributed by atoms with Gasteiger partial charge in [-0.2, -0.15) is 0 Å². The Morgan fingerprint density at radius 3 is 2.50 bits per heavy atom. The molecule has 0 bridgehead atoms. The van der Waals surface area contributed by atoms with Crippen LogP contribution in [0, 0.1) is 11.3 Å². The van der Waals surface area contributed by atoms with Crippen molar-refractivity contribution >= 4 is 11.6 Å². The van der Waals surface area contributed by atoms with Crippen molar-refractivity contribution in [3.05, 3.63) is 29.8 Å². The summed E-state index contributed by atoms with van der Waals surface area (Å²) in [7, 11) is 0. The van der Waals surface area contributed by atoms with Crippen LogP contribution in [-0.4, -0.2) is 11.0 Å². The van der Waals surface area contributed by atoms with Gasteiger partial charge in [0.05, 0.1) is 6.61 Å². The molecule has 0 aromatic heterocycles. The van der Waals surface area contributed by atoms with Crippen LogP contribution >= 0.6 is 0 Å². The number of carbonyl (C=O) groups excluding carboxylic acids is 1. The van der Waals surface area contributed by atoms with Crippen LogP contribution in [0.2, 0.25) is 0 Å². The van der Waals surface area contributed by atoms with Crippen LogP contribution in [0.5, 0.6) is 0 Å². The third-order valence-corrected chi connectivity index (χ3v) is 3.43. The van der Waals surface area contributed by atoms with Crippen molar-refractivity contribution in [3.63, 3.8) is 0 Å². The molecule has 0 radical (unpaired) electrons. The van der Waals surface area contributed by atoms with Crippen LogP contribution in [-0.2, 0) is 11.4 Å². The number of carbonyl (C=O) groups is 1. The van der Waals surface area contributed by atoms with Gasteiger partial charge in [0, 0.05) is 17.7 Å². The van der Waals surface area contributed by atoms with Gasteiger partial charge in [-0.05, 0) is 17.4 Å².